The number of rotatable bonds is 4. The van der Waals surface area contributed by atoms with Crippen molar-refractivity contribution in [1.82, 2.24) is 0 Å². The molecule has 0 saturated heterocycles. The Hall–Kier alpha value is -1.56. The maximum atomic E-state index is 12.4. The molecule has 3 nitrogen and oxygen atoms in total. The van der Waals surface area contributed by atoms with Crippen LogP contribution in [0.3, 0.4) is 0 Å². The molecule has 94 valence electrons. The van der Waals surface area contributed by atoms with E-state index >= 15 is 0 Å². The van der Waals surface area contributed by atoms with Crippen molar-refractivity contribution in [2.45, 2.75) is 25.1 Å². The molecule has 0 heterocycles. The van der Waals surface area contributed by atoms with Crippen molar-refractivity contribution in [3.63, 3.8) is 0 Å². The number of halogens is 3. The van der Waals surface area contributed by atoms with Crippen LogP contribution in [0.25, 0.3) is 0 Å². The normalized spacial score (nSPS) is 13.4. The summed E-state index contributed by atoms with van der Waals surface area (Å²) in [6.07, 6.45) is -4.07. The first-order chi connectivity index (χ1) is 7.80. The summed E-state index contributed by atoms with van der Waals surface area (Å²) in [5.41, 5.74) is 4.96. The Bertz CT molecular complexity index is 404. The van der Waals surface area contributed by atoms with Gasteiger partial charge in [0.25, 0.3) is 0 Å². The molecule has 0 unspecified atom stereocenters. The van der Waals surface area contributed by atoms with Crippen molar-refractivity contribution in [2.24, 2.45) is 5.73 Å². The van der Waals surface area contributed by atoms with Crippen LogP contribution >= 0.6 is 0 Å². The zero-order valence-corrected chi connectivity index (χ0v) is 8.87. The lowest BCUT2D eigenvalue weighted by atomic mass is 10.0. The van der Waals surface area contributed by atoms with Gasteiger partial charge in [-0.15, -0.1) is 0 Å². The zero-order valence-electron chi connectivity index (χ0n) is 8.87. The van der Waals surface area contributed by atoms with Crippen LogP contribution in [-0.2, 0) is 17.4 Å². The minimum absolute atomic E-state index is 0.108. The van der Waals surface area contributed by atoms with Gasteiger partial charge in [-0.2, -0.15) is 13.2 Å². The van der Waals surface area contributed by atoms with Gasteiger partial charge in [0.1, 0.15) is 6.04 Å². The molecule has 0 aliphatic rings. The molecule has 0 aliphatic carbocycles. The Balaban J connectivity index is 2.70. The quantitative estimate of drug-likeness (QED) is 0.855. The van der Waals surface area contributed by atoms with Gasteiger partial charge >= 0.3 is 12.1 Å². The summed E-state index contributed by atoms with van der Waals surface area (Å²) in [5, 5.41) is 8.54. The van der Waals surface area contributed by atoms with E-state index in [0.717, 1.165) is 12.1 Å². The van der Waals surface area contributed by atoms with Crippen LogP contribution in [0.1, 0.15) is 17.5 Å². The summed E-state index contributed by atoms with van der Waals surface area (Å²) in [6, 6.07) is 3.74. The fourth-order valence-electron chi connectivity index (χ4n) is 1.35. The SMILES string of the molecule is N[C@H](CCc1cccc(C(F)(F)F)c1)C(=O)O. The number of hydrogen-bond donors (Lipinski definition) is 2. The largest absolute Gasteiger partial charge is 0.480 e. The van der Waals surface area contributed by atoms with Gasteiger partial charge in [-0.05, 0) is 24.5 Å². The van der Waals surface area contributed by atoms with Crippen molar-refractivity contribution >= 4 is 5.97 Å². The number of hydrogen-bond acceptors (Lipinski definition) is 2. The first-order valence-corrected chi connectivity index (χ1v) is 4.95. The lowest BCUT2D eigenvalue weighted by Crippen LogP contribution is -2.30. The monoisotopic (exact) mass is 247 g/mol. The highest BCUT2D eigenvalue weighted by Crippen LogP contribution is 2.29. The van der Waals surface area contributed by atoms with Crippen molar-refractivity contribution in [2.75, 3.05) is 0 Å². The topological polar surface area (TPSA) is 63.3 Å². The smallest absolute Gasteiger partial charge is 0.416 e. The number of carboxylic acid groups (broad SMARTS) is 1. The van der Waals surface area contributed by atoms with Crippen molar-refractivity contribution in [3.05, 3.63) is 35.4 Å². The highest BCUT2D eigenvalue weighted by Gasteiger charge is 2.30. The Kier molecular flexibility index (Phi) is 4.11. The molecule has 6 heteroatoms. The zero-order chi connectivity index (χ0) is 13.1. The molecule has 1 aromatic rings. The lowest BCUT2D eigenvalue weighted by molar-refractivity contribution is -0.139. The van der Waals surface area contributed by atoms with Gasteiger partial charge in [-0.3, -0.25) is 4.79 Å². The molecule has 0 saturated carbocycles. The number of carboxylic acids is 1. The first-order valence-electron chi connectivity index (χ1n) is 4.95. The molecule has 1 rings (SSSR count). The molecule has 0 bridgehead atoms. The number of alkyl halides is 3. The molecule has 17 heavy (non-hydrogen) atoms. The number of benzene rings is 1. The third-order valence-electron chi connectivity index (χ3n) is 2.32. The molecule has 1 aromatic carbocycles. The third kappa shape index (κ3) is 4.07. The minimum Gasteiger partial charge on any atom is -0.480 e. The van der Waals surface area contributed by atoms with Gasteiger partial charge < -0.3 is 10.8 Å². The second-order valence-electron chi connectivity index (χ2n) is 3.68. The van der Waals surface area contributed by atoms with E-state index in [9.17, 15) is 18.0 Å². The van der Waals surface area contributed by atoms with Crippen LogP contribution in [-0.4, -0.2) is 17.1 Å². The molecule has 0 amide bonds. The standard InChI is InChI=1S/C11H12F3NO2/c12-11(13,14)8-3-1-2-7(6-8)4-5-9(15)10(16)17/h1-3,6,9H,4-5,15H2,(H,16,17)/t9-/m1/s1. The van der Waals surface area contributed by atoms with Crippen molar-refractivity contribution in [1.29, 1.82) is 0 Å². The van der Waals surface area contributed by atoms with Crippen molar-refractivity contribution < 1.29 is 23.1 Å². The molecule has 0 aromatic heterocycles. The van der Waals surface area contributed by atoms with Crippen LogP contribution in [0, 0.1) is 0 Å². The lowest BCUT2D eigenvalue weighted by Gasteiger charge is -2.09. The molecule has 1 atom stereocenters. The maximum Gasteiger partial charge on any atom is 0.416 e. The summed E-state index contributed by atoms with van der Waals surface area (Å²) in [6.45, 7) is 0. The van der Waals surface area contributed by atoms with Gasteiger partial charge in [0, 0.05) is 0 Å². The van der Waals surface area contributed by atoms with Gasteiger partial charge in [0.2, 0.25) is 0 Å². The molecule has 0 aliphatic heterocycles. The second kappa shape index (κ2) is 5.18. The number of carbonyl (C=O) groups is 1. The van der Waals surface area contributed by atoms with E-state index < -0.39 is 23.8 Å². The Morgan fingerprint density at radius 2 is 2.06 bits per heavy atom. The maximum absolute atomic E-state index is 12.4. The van der Waals surface area contributed by atoms with E-state index in [0.29, 0.717) is 5.56 Å². The van der Waals surface area contributed by atoms with Gasteiger partial charge in [-0.25, -0.2) is 0 Å². The van der Waals surface area contributed by atoms with E-state index in [1.54, 1.807) is 0 Å². The molecule has 0 fully saturated rings. The Labute approximate surface area is 96.0 Å². The molecule has 3 N–H and O–H groups in total. The predicted molar refractivity (Wildman–Crippen MR) is 55.4 cm³/mol. The van der Waals surface area contributed by atoms with Crippen LogP contribution in [0.2, 0.25) is 0 Å². The summed E-state index contributed by atoms with van der Waals surface area (Å²) in [7, 11) is 0. The summed E-state index contributed by atoms with van der Waals surface area (Å²) in [4.78, 5) is 10.4. The van der Waals surface area contributed by atoms with Gasteiger partial charge in [-0.1, -0.05) is 18.2 Å². The van der Waals surface area contributed by atoms with E-state index in [2.05, 4.69) is 0 Å². The molecular formula is C11H12F3NO2. The fraction of sp³-hybridized carbons (Fsp3) is 0.364. The summed E-state index contributed by atoms with van der Waals surface area (Å²) in [5.74, 6) is -1.16. The third-order valence-corrected chi connectivity index (χ3v) is 2.32. The molecule has 0 radical (unpaired) electrons. The average Bonchev–Trinajstić information content (AvgIpc) is 2.25. The number of nitrogens with two attached hydrogens (primary N) is 1. The van der Waals surface area contributed by atoms with E-state index in [4.69, 9.17) is 10.8 Å². The Morgan fingerprint density at radius 1 is 1.41 bits per heavy atom. The molecular weight excluding hydrogens is 235 g/mol. The first kappa shape index (κ1) is 13.5. The number of aliphatic carboxylic acids is 1. The van der Waals surface area contributed by atoms with Crippen LogP contribution < -0.4 is 5.73 Å². The summed E-state index contributed by atoms with van der Waals surface area (Å²) >= 11 is 0. The van der Waals surface area contributed by atoms with Gasteiger partial charge in [0.05, 0.1) is 5.56 Å². The number of aryl methyl sites for hydroxylation is 1. The van der Waals surface area contributed by atoms with Crippen molar-refractivity contribution in [3.8, 4) is 0 Å². The average molecular weight is 247 g/mol. The second-order valence-corrected chi connectivity index (χ2v) is 3.68. The van der Waals surface area contributed by atoms with E-state index in [-0.39, 0.29) is 12.8 Å². The minimum atomic E-state index is -4.38. The Morgan fingerprint density at radius 3 is 2.59 bits per heavy atom. The van der Waals surface area contributed by atoms with E-state index in [1.807, 2.05) is 0 Å². The summed E-state index contributed by atoms with van der Waals surface area (Å²) < 4.78 is 37.1. The van der Waals surface area contributed by atoms with Crippen LogP contribution in [0.5, 0.6) is 0 Å². The van der Waals surface area contributed by atoms with Gasteiger partial charge in [0.15, 0.2) is 0 Å². The van der Waals surface area contributed by atoms with Crippen LogP contribution in [0.4, 0.5) is 13.2 Å². The van der Waals surface area contributed by atoms with Crippen LogP contribution in [0.15, 0.2) is 24.3 Å². The van der Waals surface area contributed by atoms with E-state index in [1.165, 1.54) is 12.1 Å². The highest BCUT2D eigenvalue weighted by molar-refractivity contribution is 5.73. The fourth-order valence-corrected chi connectivity index (χ4v) is 1.35. The highest BCUT2D eigenvalue weighted by atomic mass is 19.4. The predicted octanol–water partition coefficient (Wildman–Crippen LogP) is 2.05. The molecule has 0 spiro atoms.